The van der Waals surface area contributed by atoms with Gasteiger partial charge < -0.3 is 14.6 Å². The van der Waals surface area contributed by atoms with E-state index in [1.54, 1.807) is 23.1 Å². The van der Waals surface area contributed by atoms with Gasteiger partial charge in [-0.2, -0.15) is 13.2 Å². The van der Waals surface area contributed by atoms with E-state index in [0.29, 0.717) is 33.6 Å². The number of ether oxygens (including phenoxy) is 1. The monoisotopic (exact) mass is 637 g/mol. The van der Waals surface area contributed by atoms with Gasteiger partial charge in [0.2, 0.25) is 11.8 Å². The van der Waals surface area contributed by atoms with E-state index in [1.165, 1.54) is 6.07 Å². The summed E-state index contributed by atoms with van der Waals surface area (Å²) in [5.41, 5.74) is -0.792. The molecule has 0 aliphatic carbocycles. The number of rotatable bonds is 5. The molecule has 3 aliphatic rings. The molecule has 0 unspecified atom stereocenters. The van der Waals surface area contributed by atoms with Crippen LogP contribution in [0, 0.1) is 5.92 Å². The lowest BCUT2D eigenvalue weighted by atomic mass is 9.82. The number of anilines is 1. The summed E-state index contributed by atoms with van der Waals surface area (Å²) in [5.74, 6) is -3.30. The van der Waals surface area contributed by atoms with Crippen molar-refractivity contribution in [1.82, 2.24) is 9.88 Å². The Kier molecular flexibility index (Phi) is 7.60. The van der Waals surface area contributed by atoms with Crippen molar-refractivity contribution in [1.29, 1.82) is 0 Å². The van der Waals surface area contributed by atoms with Crippen LogP contribution in [0.15, 0.2) is 52.3 Å². The average molecular weight is 638 g/mol. The Morgan fingerprint density at radius 1 is 1.05 bits per heavy atom. The predicted octanol–water partition coefficient (Wildman–Crippen LogP) is 5.30. The summed E-state index contributed by atoms with van der Waals surface area (Å²) >= 11 is 8.25. The quantitative estimate of drug-likeness (QED) is 0.382. The standard InChI is InChI=1S/C28H23ClF3N3O5S2/c29-15-7-8-18(40-13-19(36)34-9-2-1-3-10-34)17(12-15)20-21-23(41-24-22(20)42-27(39)33-24)26(38)35(25(21)37)16-6-4-5-14(11-16)28(30,31)32/h4-8,11-12,20-21,23H,1-3,9-10,13H2,(H,33,39)/t20-,21-,23+/m0/s1. The zero-order valence-electron chi connectivity index (χ0n) is 21.8. The number of hydrogen-bond donors (Lipinski definition) is 1. The SMILES string of the molecule is O=C(COc1ccc(Cl)cc1[C@@H]1c2sc(=O)[nH]c2S[C@H]2C(=O)N(c3cccc(C(F)(F)F)c3)C(=O)[C@@H]12)N1CCCCC1. The van der Waals surface area contributed by atoms with Crippen LogP contribution in [0.2, 0.25) is 5.02 Å². The highest BCUT2D eigenvalue weighted by Crippen LogP contribution is 2.55. The molecule has 2 aromatic carbocycles. The van der Waals surface area contributed by atoms with E-state index in [1.807, 2.05) is 0 Å². The Balaban J connectivity index is 1.39. The fourth-order valence-corrected chi connectivity index (χ4v) is 8.38. The number of carbonyl (C=O) groups excluding carboxylic acids is 3. The van der Waals surface area contributed by atoms with Gasteiger partial charge in [0.15, 0.2) is 6.61 Å². The fourth-order valence-electron chi connectivity index (χ4n) is 5.70. The van der Waals surface area contributed by atoms with Gasteiger partial charge in [0.25, 0.3) is 5.91 Å². The second-order valence-corrected chi connectivity index (χ2v) is 12.8. The first-order valence-corrected chi connectivity index (χ1v) is 15.2. The number of aromatic amines is 1. The first kappa shape index (κ1) is 28.8. The van der Waals surface area contributed by atoms with Crippen LogP contribution in [0.25, 0.3) is 0 Å². The minimum Gasteiger partial charge on any atom is -0.483 e. The van der Waals surface area contributed by atoms with Crippen molar-refractivity contribution in [3.8, 4) is 5.75 Å². The Labute approximate surface area is 250 Å². The highest BCUT2D eigenvalue weighted by Gasteiger charge is 2.57. The zero-order chi connectivity index (χ0) is 29.8. The summed E-state index contributed by atoms with van der Waals surface area (Å²) in [6, 6.07) is 8.75. The normalized spacial score (nSPS) is 22.2. The van der Waals surface area contributed by atoms with Crippen molar-refractivity contribution >= 4 is 58.1 Å². The molecule has 1 aromatic heterocycles. The van der Waals surface area contributed by atoms with Crippen LogP contribution in [0.5, 0.6) is 5.75 Å². The molecule has 4 heterocycles. The minimum atomic E-state index is -4.67. The number of hydrogen-bond acceptors (Lipinski definition) is 7. The number of nitrogens with one attached hydrogen (secondary N) is 1. The van der Waals surface area contributed by atoms with Crippen LogP contribution >= 0.6 is 34.7 Å². The molecule has 0 spiro atoms. The highest BCUT2D eigenvalue weighted by molar-refractivity contribution is 8.00. The maximum Gasteiger partial charge on any atom is 0.416 e. The highest BCUT2D eigenvalue weighted by atomic mass is 35.5. The third-order valence-corrected chi connectivity index (χ3v) is 10.3. The van der Waals surface area contributed by atoms with Gasteiger partial charge in [0.1, 0.15) is 11.0 Å². The number of fused-ring (bicyclic) bond motifs is 2. The van der Waals surface area contributed by atoms with Gasteiger partial charge in [0, 0.05) is 34.5 Å². The number of alkyl halides is 3. The predicted molar refractivity (Wildman–Crippen MR) is 151 cm³/mol. The molecular weight excluding hydrogens is 615 g/mol. The molecule has 220 valence electrons. The van der Waals surface area contributed by atoms with Gasteiger partial charge in [-0.05, 0) is 55.7 Å². The number of imide groups is 1. The number of amides is 3. The molecule has 0 radical (unpaired) electrons. The van der Waals surface area contributed by atoms with Gasteiger partial charge in [-0.15, -0.1) is 0 Å². The van der Waals surface area contributed by atoms with Crippen molar-refractivity contribution in [3.05, 3.63) is 73.2 Å². The molecule has 0 saturated carbocycles. The van der Waals surface area contributed by atoms with E-state index in [0.717, 1.165) is 65.5 Å². The van der Waals surface area contributed by atoms with Crippen molar-refractivity contribution in [3.63, 3.8) is 0 Å². The van der Waals surface area contributed by atoms with E-state index < -0.39 is 45.5 Å². The molecule has 3 amide bonds. The summed E-state index contributed by atoms with van der Waals surface area (Å²) in [6.45, 7) is 1.02. The topological polar surface area (TPSA) is 99.8 Å². The number of likely N-dealkylation sites (tertiary alicyclic amines) is 1. The third-order valence-electron chi connectivity index (χ3n) is 7.62. The van der Waals surface area contributed by atoms with Gasteiger partial charge in [-0.3, -0.25) is 19.2 Å². The summed E-state index contributed by atoms with van der Waals surface area (Å²) in [5, 5.41) is -0.347. The average Bonchev–Trinajstić information content (AvgIpc) is 3.46. The number of H-pyrrole nitrogens is 1. The summed E-state index contributed by atoms with van der Waals surface area (Å²) in [6.07, 6.45) is -1.79. The Hall–Kier alpha value is -3.29. The maximum absolute atomic E-state index is 14.0. The van der Waals surface area contributed by atoms with E-state index >= 15 is 0 Å². The number of aromatic nitrogens is 1. The zero-order valence-corrected chi connectivity index (χ0v) is 24.2. The number of benzene rings is 2. The molecule has 42 heavy (non-hydrogen) atoms. The number of carbonyl (C=O) groups is 3. The lowest BCUT2D eigenvalue weighted by Gasteiger charge is -2.31. The molecule has 14 heteroatoms. The summed E-state index contributed by atoms with van der Waals surface area (Å²) in [7, 11) is 0. The fraction of sp³-hybridized carbons (Fsp3) is 0.357. The molecule has 2 fully saturated rings. The first-order valence-electron chi connectivity index (χ1n) is 13.2. The van der Waals surface area contributed by atoms with Crippen LogP contribution in [0.4, 0.5) is 18.9 Å². The third kappa shape index (κ3) is 5.22. The minimum absolute atomic E-state index is 0.192. The molecule has 6 rings (SSSR count). The van der Waals surface area contributed by atoms with Crippen LogP contribution < -0.4 is 14.5 Å². The van der Waals surface area contributed by atoms with E-state index in [2.05, 4.69) is 4.98 Å². The molecule has 2 saturated heterocycles. The molecule has 1 N–H and O–H groups in total. The van der Waals surface area contributed by atoms with Gasteiger partial charge in [-0.1, -0.05) is 40.8 Å². The second kappa shape index (κ2) is 11.1. The van der Waals surface area contributed by atoms with E-state index in [4.69, 9.17) is 16.3 Å². The number of piperidine rings is 1. The van der Waals surface area contributed by atoms with E-state index in [9.17, 15) is 32.3 Å². The maximum atomic E-state index is 14.0. The lowest BCUT2D eigenvalue weighted by molar-refractivity contribution is -0.137. The van der Waals surface area contributed by atoms with Crippen molar-refractivity contribution in [2.24, 2.45) is 5.92 Å². The molecule has 3 aliphatic heterocycles. The largest absolute Gasteiger partial charge is 0.483 e. The first-order chi connectivity index (χ1) is 20.0. The molecule has 8 nitrogen and oxygen atoms in total. The Morgan fingerprint density at radius 2 is 1.81 bits per heavy atom. The van der Waals surface area contributed by atoms with Crippen LogP contribution in [0.1, 0.15) is 41.2 Å². The molecule has 3 aromatic rings. The lowest BCUT2D eigenvalue weighted by Crippen LogP contribution is -2.38. The molecular formula is C28H23ClF3N3O5S2. The number of thioether (sulfide) groups is 1. The van der Waals surface area contributed by atoms with Crippen LogP contribution in [-0.2, 0) is 20.6 Å². The van der Waals surface area contributed by atoms with Gasteiger partial charge >= 0.3 is 11.0 Å². The number of thiazole rings is 1. The van der Waals surface area contributed by atoms with Crippen molar-refractivity contribution in [2.75, 3.05) is 24.6 Å². The Bertz CT molecular complexity index is 1640. The van der Waals surface area contributed by atoms with E-state index in [-0.39, 0.29) is 24.0 Å². The Morgan fingerprint density at radius 3 is 2.55 bits per heavy atom. The molecule has 3 atom stereocenters. The van der Waals surface area contributed by atoms with Gasteiger partial charge in [0.05, 0.1) is 22.2 Å². The number of halogens is 4. The summed E-state index contributed by atoms with van der Waals surface area (Å²) < 4.78 is 46.3. The second-order valence-electron chi connectivity index (χ2n) is 10.2. The molecule has 0 bridgehead atoms. The number of nitrogens with zero attached hydrogens (tertiary/aromatic N) is 2. The smallest absolute Gasteiger partial charge is 0.416 e. The van der Waals surface area contributed by atoms with Crippen molar-refractivity contribution < 1.29 is 32.3 Å². The van der Waals surface area contributed by atoms with Crippen LogP contribution in [-0.4, -0.2) is 52.6 Å². The van der Waals surface area contributed by atoms with Crippen molar-refractivity contribution in [2.45, 2.75) is 41.6 Å². The van der Waals surface area contributed by atoms with Gasteiger partial charge in [-0.25, -0.2) is 4.90 Å². The van der Waals surface area contributed by atoms with Crippen LogP contribution in [0.3, 0.4) is 0 Å². The summed E-state index contributed by atoms with van der Waals surface area (Å²) in [4.78, 5) is 58.2.